The summed E-state index contributed by atoms with van der Waals surface area (Å²) in [7, 11) is 0. The molecule has 0 aliphatic rings. The van der Waals surface area contributed by atoms with E-state index < -0.39 is 0 Å². The Balaban J connectivity index is -0.0000000367. The second-order valence-corrected chi connectivity index (χ2v) is 5.82. The van der Waals surface area contributed by atoms with Crippen molar-refractivity contribution in [3.05, 3.63) is 36.5 Å². The van der Waals surface area contributed by atoms with Gasteiger partial charge >= 0.3 is 0 Å². The van der Waals surface area contributed by atoms with Crippen LogP contribution in [0.1, 0.15) is 123 Å². The third-order valence-electron chi connectivity index (χ3n) is 2.00. The highest BCUT2D eigenvalue weighted by Crippen LogP contribution is 1.77. The van der Waals surface area contributed by atoms with Gasteiger partial charge in [0.1, 0.15) is 11.6 Å². The molecule has 0 amide bonds. The topological polar surface area (TPSA) is 34.1 Å². The minimum absolute atomic E-state index is 0.167. The Bertz CT molecular complexity index is 234. The molecular weight excluding hydrogens is 344 g/mol. The minimum Gasteiger partial charge on any atom is -0.300 e. The summed E-state index contributed by atoms with van der Waals surface area (Å²) in [6.07, 6.45) is 17.3. The van der Waals surface area contributed by atoms with E-state index in [2.05, 4.69) is 27.7 Å². The molecule has 0 rings (SSSR count). The van der Waals surface area contributed by atoms with Gasteiger partial charge in [-0.1, -0.05) is 89.8 Å². The Kier molecular flexibility index (Phi) is 118. The molecule has 0 unspecified atom stereocenters. The zero-order valence-corrected chi connectivity index (χ0v) is 22.1. The molecule has 0 N–H and O–H groups in total. The molecule has 0 fully saturated rings. The quantitative estimate of drug-likeness (QED) is 0.432. The molecule has 0 aromatic rings. The van der Waals surface area contributed by atoms with E-state index in [1.54, 1.807) is 0 Å². The van der Waals surface area contributed by atoms with Crippen LogP contribution in [0.15, 0.2) is 36.5 Å². The molecule has 0 aromatic carbocycles. The van der Waals surface area contributed by atoms with E-state index >= 15 is 0 Å². The van der Waals surface area contributed by atoms with Crippen molar-refractivity contribution in [1.82, 2.24) is 0 Å². The van der Waals surface area contributed by atoms with E-state index in [0.29, 0.717) is 0 Å². The standard InChI is InChI=1S/2C4H10.3C4H8.2C3H6O/c5*1-3-4-2;2*1-3(2)4/h2*3-4H2,1-2H3;3*3-4H,1-2H3;2*1-2H3/b;;4-3+;4-3-;;;. The maximum Gasteiger partial charge on any atom is 0.126 e. The van der Waals surface area contributed by atoms with E-state index in [-0.39, 0.29) is 11.6 Å². The third-order valence-corrected chi connectivity index (χ3v) is 2.00. The van der Waals surface area contributed by atoms with Crippen molar-refractivity contribution in [3.63, 3.8) is 0 Å². The minimum atomic E-state index is 0.167. The first kappa shape index (κ1) is 45.4. The van der Waals surface area contributed by atoms with E-state index in [4.69, 9.17) is 0 Å². The number of hydrogen-bond acceptors (Lipinski definition) is 2. The molecule has 2 heteroatoms. The predicted octanol–water partition coefficient (Wildman–Crippen LogP) is 9.55. The van der Waals surface area contributed by atoms with Gasteiger partial charge in [-0.05, 0) is 69.2 Å². The fourth-order valence-corrected chi connectivity index (χ4v) is 0. The van der Waals surface area contributed by atoms with Gasteiger partial charge in [0.2, 0.25) is 0 Å². The smallest absolute Gasteiger partial charge is 0.126 e. The number of unbranched alkanes of at least 4 members (excludes halogenated alkanes) is 2. The SMILES string of the molecule is C/C=C/C.C/C=C\C.CC(C)=O.CC(C)=O.CC=CC.CCCC.CCCC. The van der Waals surface area contributed by atoms with Crippen LogP contribution in [-0.2, 0) is 9.59 Å². The van der Waals surface area contributed by atoms with Crippen LogP contribution in [0.5, 0.6) is 0 Å². The first-order valence-electron chi connectivity index (χ1n) is 10.7. The summed E-state index contributed by atoms with van der Waals surface area (Å²) in [5.74, 6) is 0.333. The van der Waals surface area contributed by atoms with Crippen LogP contribution in [0.3, 0.4) is 0 Å². The highest BCUT2D eigenvalue weighted by molar-refractivity contribution is 5.72. The fraction of sp³-hybridized carbons (Fsp3) is 0.692. The largest absolute Gasteiger partial charge is 0.300 e. The monoisotopic (exact) mass is 400 g/mol. The summed E-state index contributed by atoms with van der Waals surface area (Å²) in [5.41, 5.74) is 0. The van der Waals surface area contributed by atoms with Crippen LogP contribution in [0.25, 0.3) is 0 Å². The summed E-state index contributed by atoms with van der Waals surface area (Å²) in [6.45, 7) is 26.8. The highest BCUT2D eigenvalue weighted by Gasteiger charge is 1.62. The predicted molar refractivity (Wildman–Crippen MR) is 135 cm³/mol. The molecule has 0 aliphatic heterocycles. The average Bonchev–Trinajstić information content (AvgIpc) is 2.67. The van der Waals surface area contributed by atoms with Gasteiger partial charge in [-0.25, -0.2) is 0 Å². The molecule has 28 heavy (non-hydrogen) atoms. The first-order chi connectivity index (χ1) is 13.0. The van der Waals surface area contributed by atoms with Gasteiger partial charge in [0.05, 0.1) is 0 Å². The van der Waals surface area contributed by atoms with Crippen molar-refractivity contribution >= 4 is 11.6 Å². The van der Waals surface area contributed by atoms with Crippen molar-refractivity contribution in [2.75, 3.05) is 0 Å². The van der Waals surface area contributed by atoms with Gasteiger partial charge in [0.25, 0.3) is 0 Å². The molecule has 0 aromatic heterocycles. The molecule has 0 aliphatic carbocycles. The van der Waals surface area contributed by atoms with Crippen molar-refractivity contribution in [3.8, 4) is 0 Å². The Morgan fingerprint density at radius 3 is 0.500 bits per heavy atom. The zero-order chi connectivity index (χ0) is 24.2. The third kappa shape index (κ3) is 1080. The van der Waals surface area contributed by atoms with E-state index in [9.17, 15) is 9.59 Å². The van der Waals surface area contributed by atoms with Crippen molar-refractivity contribution in [1.29, 1.82) is 0 Å². The van der Waals surface area contributed by atoms with Gasteiger partial charge in [-0.2, -0.15) is 0 Å². The number of carbonyl (C=O) groups excluding carboxylic acids is 2. The lowest BCUT2D eigenvalue weighted by atomic mass is 10.4. The van der Waals surface area contributed by atoms with Gasteiger partial charge in [-0.3, -0.25) is 0 Å². The van der Waals surface area contributed by atoms with Crippen LogP contribution in [0, 0.1) is 0 Å². The van der Waals surface area contributed by atoms with Crippen LogP contribution < -0.4 is 0 Å². The second-order valence-electron chi connectivity index (χ2n) is 5.82. The van der Waals surface area contributed by atoms with E-state index in [0.717, 1.165) is 0 Å². The molecule has 2 nitrogen and oxygen atoms in total. The summed E-state index contributed by atoms with van der Waals surface area (Å²) < 4.78 is 0. The Morgan fingerprint density at radius 2 is 0.500 bits per heavy atom. The van der Waals surface area contributed by atoms with Crippen LogP contribution in [0.4, 0.5) is 0 Å². The zero-order valence-electron chi connectivity index (χ0n) is 22.1. The fourth-order valence-electron chi connectivity index (χ4n) is 0. The molecular formula is C26H56O2. The molecule has 0 atom stereocenters. The number of carbonyl (C=O) groups is 2. The molecule has 0 spiro atoms. The number of allylic oxidation sites excluding steroid dienone is 6. The van der Waals surface area contributed by atoms with Gasteiger partial charge in [0.15, 0.2) is 0 Å². The molecule has 0 saturated heterocycles. The van der Waals surface area contributed by atoms with Crippen LogP contribution in [-0.4, -0.2) is 11.6 Å². The summed E-state index contributed by atoms with van der Waals surface area (Å²) in [6, 6.07) is 0. The summed E-state index contributed by atoms with van der Waals surface area (Å²) in [4.78, 5) is 18.9. The molecule has 0 heterocycles. The molecule has 0 radical (unpaired) electrons. The van der Waals surface area contributed by atoms with Crippen LogP contribution >= 0.6 is 0 Å². The van der Waals surface area contributed by atoms with E-state index in [1.165, 1.54) is 53.4 Å². The van der Waals surface area contributed by atoms with Crippen molar-refractivity contribution < 1.29 is 9.59 Å². The molecule has 0 bridgehead atoms. The second kappa shape index (κ2) is 72.7. The Hall–Kier alpha value is -1.44. The molecule has 0 saturated carbocycles. The van der Waals surface area contributed by atoms with Gasteiger partial charge in [-0.15, -0.1) is 0 Å². The van der Waals surface area contributed by atoms with Gasteiger partial charge < -0.3 is 9.59 Å². The van der Waals surface area contributed by atoms with E-state index in [1.807, 2.05) is 78.0 Å². The summed E-state index contributed by atoms with van der Waals surface area (Å²) >= 11 is 0. The number of hydrogen-bond donors (Lipinski definition) is 0. The Labute approximate surface area is 180 Å². The van der Waals surface area contributed by atoms with Gasteiger partial charge in [0, 0.05) is 0 Å². The number of rotatable bonds is 2. The normalized spacial score (nSPS) is 8.07. The Morgan fingerprint density at radius 1 is 0.429 bits per heavy atom. The average molecular weight is 401 g/mol. The maximum absolute atomic E-state index is 9.44. The summed E-state index contributed by atoms with van der Waals surface area (Å²) in [5, 5.41) is 0. The number of Topliss-reactive ketones (excluding diaryl/α,β-unsaturated/α-hetero) is 2. The van der Waals surface area contributed by atoms with Crippen LogP contribution in [0.2, 0.25) is 0 Å². The lowest BCUT2D eigenvalue weighted by molar-refractivity contribution is -0.115. The first-order valence-corrected chi connectivity index (χ1v) is 10.7. The van der Waals surface area contributed by atoms with Crippen molar-refractivity contribution in [2.45, 2.75) is 123 Å². The maximum atomic E-state index is 9.44. The molecule has 172 valence electrons. The highest BCUT2D eigenvalue weighted by atomic mass is 16.1. The lowest BCUT2D eigenvalue weighted by Gasteiger charge is -1.68. The van der Waals surface area contributed by atoms with Crippen molar-refractivity contribution in [2.24, 2.45) is 0 Å². The lowest BCUT2D eigenvalue weighted by Crippen LogP contribution is -1.69. The number of ketones is 2.